The van der Waals surface area contributed by atoms with Gasteiger partial charge in [0.15, 0.2) is 15.6 Å². The van der Waals surface area contributed by atoms with E-state index in [0.29, 0.717) is 18.4 Å². The molecule has 2 aliphatic heterocycles. The molecule has 0 spiro atoms. The quantitative estimate of drug-likeness (QED) is 0.517. The van der Waals surface area contributed by atoms with Gasteiger partial charge in [-0.05, 0) is 55.2 Å². The first kappa shape index (κ1) is 29.3. The normalized spacial score (nSPS) is 19.5. The summed E-state index contributed by atoms with van der Waals surface area (Å²) >= 11 is 0. The molecular weight excluding hydrogens is 532 g/mol. The number of carbonyl (C=O) groups is 4. The molecule has 0 unspecified atom stereocenters. The first-order valence-corrected chi connectivity index (χ1v) is 15.2. The Balaban J connectivity index is 1.54. The summed E-state index contributed by atoms with van der Waals surface area (Å²) in [5.41, 5.74) is 1.37. The maximum atomic E-state index is 13.8. The van der Waals surface area contributed by atoms with Gasteiger partial charge in [-0.2, -0.15) is 0 Å². The van der Waals surface area contributed by atoms with E-state index in [0.717, 1.165) is 11.9 Å². The maximum Gasteiger partial charge on any atom is 0.255 e. The number of carbonyl (C=O) groups excluding carboxylic acids is 4. The molecule has 2 aliphatic rings. The summed E-state index contributed by atoms with van der Waals surface area (Å²) in [6.45, 7) is 3.94. The lowest BCUT2D eigenvalue weighted by Crippen LogP contribution is -2.53. The third kappa shape index (κ3) is 5.89. The van der Waals surface area contributed by atoms with Crippen molar-refractivity contribution in [3.8, 4) is 0 Å². The molecule has 0 aliphatic carbocycles. The van der Waals surface area contributed by atoms with Gasteiger partial charge in [0.25, 0.3) is 11.8 Å². The van der Waals surface area contributed by atoms with Crippen LogP contribution in [0.15, 0.2) is 53.4 Å². The number of amides is 3. The molecule has 2 saturated heterocycles. The van der Waals surface area contributed by atoms with Crippen molar-refractivity contribution >= 4 is 39.0 Å². The van der Waals surface area contributed by atoms with Crippen LogP contribution in [0.5, 0.6) is 0 Å². The number of nitrogens with zero attached hydrogens (tertiary/aromatic N) is 3. The van der Waals surface area contributed by atoms with Crippen LogP contribution in [0.4, 0.5) is 5.69 Å². The van der Waals surface area contributed by atoms with Crippen LogP contribution in [0.25, 0.3) is 0 Å². The van der Waals surface area contributed by atoms with E-state index in [-0.39, 0.29) is 47.1 Å². The highest BCUT2D eigenvalue weighted by Gasteiger charge is 2.52. The number of ketones is 1. The molecule has 3 atom stereocenters. The van der Waals surface area contributed by atoms with E-state index in [1.165, 1.54) is 21.9 Å². The lowest BCUT2D eigenvalue weighted by Gasteiger charge is -2.29. The summed E-state index contributed by atoms with van der Waals surface area (Å²) in [5, 5.41) is 2.87. The van der Waals surface area contributed by atoms with Crippen molar-refractivity contribution < 1.29 is 27.6 Å². The largest absolute Gasteiger partial charge is 0.378 e. The van der Waals surface area contributed by atoms with Crippen molar-refractivity contribution in [1.82, 2.24) is 15.1 Å². The average Bonchev–Trinajstić information content (AvgIpc) is 3.48. The zero-order chi connectivity index (χ0) is 29.4. The fourth-order valence-corrected chi connectivity index (χ4v) is 6.39. The molecule has 2 heterocycles. The number of fused-ring (bicyclic) bond motifs is 1. The van der Waals surface area contributed by atoms with Gasteiger partial charge in [-0.25, -0.2) is 8.42 Å². The molecule has 10 nitrogen and oxygen atoms in total. The van der Waals surface area contributed by atoms with Crippen LogP contribution >= 0.6 is 0 Å². The zero-order valence-electron chi connectivity index (χ0n) is 23.5. The minimum Gasteiger partial charge on any atom is -0.378 e. The lowest BCUT2D eigenvalue weighted by molar-refractivity contribution is -0.138. The van der Waals surface area contributed by atoms with Crippen LogP contribution in [0.2, 0.25) is 0 Å². The van der Waals surface area contributed by atoms with E-state index in [9.17, 15) is 27.6 Å². The number of rotatable bonds is 8. The highest BCUT2D eigenvalue weighted by atomic mass is 32.2. The maximum absolute atomic E-state index is 13.8. The van der Waals surface area contributed by atoms with Gasteiger partial charge in [0.2, 0.25) is 5.91 Å². The van der Waals surface area contributed by atoms with Crippen LogP contribution in [0, 0.1) is 5.92 Å². The summed E-state index contributed by atoms with van der Waals surface area (Å²) < 4.78 is 24.6. The average molecular weight is 569 g/mol. The Morgan fingerprint density at radius 3 is 2.27 bits per heavy atom. The minimum atomic E-state index is -3.67. The summed E-state index contributed by atoms with van der Waals surface area (Å²) in [4.78, 5) is 58.2. The smallest absolute Gasteiger partial charge is 0.255 e. The van der Waals surface area contributed by atoms with Gasteiger partial charge in [0.05, 0.1) is 23.0 Å². The van der Waals surface area contributed by atoms with E-state index in [1.807, 2.05) is 45.0 Å². The number of likely N-dealkylation sites (tertiary alicyclic amines) is 2. The SMILES string of the molecule is CC(C)C[C@H](NC(=O)c1ccc(N(C)C)cc1)C(=O)N1CC[C@@H]2[C@H]1C(=O)CN2C(=O)c1ccccc1S(C)(=O)=O. The fourth-order valence-electron chi connectivity index (χ4n) is 5.51. The molecule has 214 valence electrons. The van der Waals surface area contributed by atoms with Crippen molar-refractivity contribution in [2.75, 3.05) is 38.3 Å². The van der Waals surface area contributed by atoms with Gasteiger partial charge in [-0.1, -0.05) is 26.0 Å². The number of Topliss-reactive ketones (excluding diaryl/α,β-unsaturated/α-hetero) is 1. The standard InChI is InChI=1S/C29H36N4O6S/c1-18(2)16-22(30-27(35)19-10-12-20(13-11-19)31(3)4)29(37)32-15-14-23-26(32)24(34)17-33(23)28(36)21-8-6-7-9-25(21)40(5,38)39/h6-13,18,22-23,26H,14-17H2,1-5H3,(H,30,35)/t22-,23+,26-/m0/s1. The third-order valence-corrected chi connectivity index (χ3v) is 8.59. The van der Waals surface area contributed by atoms with Gasteiger partial charge >= 0.3 is 0 Å². The molecule has 1 N–H and O–H groups in total. The number of nitrogens with one attached hydrogen (secondary N) is 1. The van der Waals surface area contributed by atoms with Gasteiger partial charge < -0.3 is 20.0 Å². The van der Waals surface area contributed by atoms with Crippen molar-refractivity contribution in [2.24, 2.45) is 5.92 Å². The molecule has 0 aromatic heterocycles. The van der Waals surface area contributed by atoms with E-state index >= 15 is 0 Å². The summed E-state index contributed by atoms with van der Waals surface area (Å²) in [5.74, 6) is -1.49. The van der Waals surface area contributed by atoms with Crippen molar-refractivity contribution in [3.63, 3.8) is 0 Å². The van der Waals surface area contributed by atoms with Crippen molar-refractivity contribution in [3.05, 3.63) is 59.7 Å². The van der Waals surface area contributed by atoms with Crippen LogP contribution < -0.4 is 10.2 Å². The van der Waals surface area contributed by atoms with Crippen LogP contribution in [0.1, 0.15) is 47.4 Å². The molecule has 0 radical (unpaired) electrons. The number of anilines is 1. The van der Waals surface area contributed by atoms with Crippen LogP contribution in [-0.4, -0.2) is 93.3 Å². The zero-order valence-corrected chi connectivity index (χ0v) is 24.3. The number of sulfone groups is 1. The topological polar surface area (TPSA) is 124 Å². The highest BCUT2D eigenvalue weighted by molar-refractivity contribution is 7.90. The molecule has 2 aromatic rings. The minimum absolute atomic E-state index is 0.00783. The van der Waals surface area contributed by atoms with Crippen LogP contribution in [-0.2, 0) is 19.4 Å². The summed E-state index contributed by atoms with van der Waals surface area (Å²) in [6, 6.07) is 10.7. The molecular formula is C29H36N4O6S. The van der Waals surface area contributed by atoms with E-state index in [2.05, 4.69) is 5.32 Å². The second-order valence-corrected chi connectivity index (χ2v) is 13.1. The molecule has 0 bridgehead atoms. The van der Waals surface area contributed by atoms with Crippen molar-refractivity contribution in [1.29, 1.82) is 0 Å². The second kappa shape index (κ2) is 11.4. The molecule has 2 aromatic carbocycles. The Labute approximate surface area is 235 Å². The van der Waals surface area contributed by atoms with E-state index in [1.54, 1.807) is 24.3 Å². The van der Waals surface area contributed by atoms with Gasteiger partial charge in [-0.3, -0.25) is 19.2 Å². The number of hydrogen-bond donors (Lipinski definition) is 1. The Morgan fingerprint density at radius 1 is 1.02 bits per heavy atom. The molecule has 4 rings (SSSR count). The Morgan fingerprint density at radius 2 is 1.68 bits per heavy atom. The molecule has 0 saturated carbocycles. The Bertz CT molecular complexity index is 1420. The van der Waals surface area contributed by atoms with E-state index in [4.69, 9.17) is 0 Å². The molecule has 2 fully saturated rings. The van der Waals surface area contributed by atoms with Gasteiger partial charge in [0, 0.05) is 38.1 Å². The Hall–Kier alpha value is -3.73. The molecule has 3 amide bonds. The van der Waals surface area contributed by atoms with Gasteiger partial charge in [0.1, 0.15) is 12.1 Å². The Kier molecular flexibility index (Phi) is 8.34. The van der Waals surface area contributed by atoms with Crippen molar-refractivity contribution in [2.45, 2.75) is 49.7 Å². The highest BCUT2D eigenvalue weighted by Crippen LogP contribution is 2.32. The molecule has 11 heteroatoms. The first-order valence-electron chi connectivity index (χ1n) is 13.3. The molecule has 40 heavy (non-hydrogen) atoms. The monoisotopic (exact) mass is 568 g/mol. The summed E-state index contributed by atoms with van der Waals surface area (Å²) in [7, 11) is 0.132. The van der Waals surface area contributed by atoms with E-state index < -0.39 is 33.9 Å². The third-order valence-electron chi connectivity index (χ3n) is 7.44. The predicted molar refractivity (Wildman–Crippen MR) is 151 cm³/mol. The van der Waals surface area contributed by atoms with Gasteiger partial charge in [-0.15, -0.1) is 0 Å². The summed E-state index contributed by atoms with van der Waals surface area (Å²) in [6.07, 6.45) is 1.79. The first-order chi connectivity index (χ1) is 18.8. The lowest BCUT2D eigenvalue weighted by atomic mass is 10.0. The fraction of sp³-hybridized carbons (Fsp3) is 0.448. The number of hydrogen-bond acceptors (Lipinski definition) is 7. The number of benzene rings is 2. The predicted octanol–water partition coefficient (Wildman–Crippen LogP) is 2.00. The second-order valence-electron chi connectivity index (χ2n) is 11.1. The van der Waals surface area contributed by atoms with Crippen LogP contribution in [0.3, 0.4) is 0 Å².